The second kappa shape index (κ2) is 6.84. The van der Waals surface area contributed by atoms with Gasteiger partial charge in [-0.2, -0.15) is 10.2 Å². The number of hydrogen-bond acceptors (Lipinski definition) is 4. The Hall–Kier alpha value is -2.67. The van der Waals surface area contributed by atoms with Gasteiger partial charge >= 0.3 is 0 Å². The summed E-state index contributed by atoms with van der Waals surface area (Å²) in [6, 6.07) is 8.03. The maximum atomic E-state index is 12.1. The second-order valence-corrected chi connectivity index (χ2v) is 6.24. The van der Waals surface area contributed by atoms with Gasteiger partial charge in [-0.3, -0.25) is 14.6 Å². The average Bonchev–Trinajstić information content (AvgIpc) is 3.11. The molecule has 2 N–H and O–H groups in total. The molecular weight excluding hydrogens is 304 g/mol. The van der Waals surface area contributed by atoms with E-state index in [1.807, 2.05) is 42.0 Å². The van der Waals surface area contributed by atoms with Crippen LogP contribution in [0.3, 0.4) is 0 Å². The molecule has 0 bridgehead atoms. The number of fused-ring (bicyclic) bond motifs is 1. The molecule has 0 aliphatic carbocycles. The minimum Gasteiger partial charge on any atom is -0.309 e. The van der Waals surface area contributed by atoms with Gasteiger partial charge in [0.1, 0.15) is 0 Å². The van der Waals surface area contributed by atoms with Crippen molar-refractivity contribution >= 4 is 22.6 Å². The first kappa shape index (κ1) is 16.2. The van der Waals surface area contributed by atoms with Gasteiger partial charge < -0.3 is 10.2 Å². The summed E-state index contributed by atoms with van der Waals surface area (Å²) in [6.45, 7) is 3.34. The molecule has 0 saturated carbocycles. The lowest BCUT2D eigenvalue weighted by Gasteiger charge is -2.05. The Morgan fingerprint density at radius 2 is 2.17 bits per heavy atom. The zero-order valence-corrected chi connectivity index (χ0v) is 14.2. The lowest BCUT2D eigenvalue weighted by molar-refractivity contribution is -0.116. The molecule has 2 heterocycles. The van der Waals surface area contributed by atoms with Gasteiger partial charge in [-0.05, 0) is 33.2 Å². The smallest absolute Gasteiger partial charge is 0.227 e. The predicted octanol–water partition coefficient (Wildman–Crippen LogP) is 2.16. The molecule has 0 saturated heterocycles. The van der Waals surface area contributed by atoms with Crippen molar-refractivity contribution in [3.63, 3.8) is 0 Å². The molecule has 3 rings (SSSR count). The fourth-order valence-corrected chi connectivity index (χ4v) is 2.64. The third kappa shape index (κ3) is 3.80. The first-order chi connectivity index (χ1) is 11.5. The Morgan fingerprint density at radius 3 is 2.96 bits per heavy atom. The highest BCUT2D eigenvalue weighted by Gasteiger charge is 2.09. The van der Waals surface area contributed by atoms with E-state index in [-0.39, 0.29) is 5.91 Å². The molecule has 1 amide bonds. The molecule has 0 aliphatic rings. The number of nitrogens with one attached hydrogen (secondary N) is 2. The topological polar surface area (TPSA) is 78.8 Å². The molecule has 1 aromatic carbocycles. The lowest BCUT2D eigenvalue weighted by Crippen LogP contribution is -2.15. The van der Waals surface area contributed by atoms with E-state index in [9.17, 15) is 4.79 Å². The van der Waals surface area contributed by atoms with E-state index in [0.717, 1.165) is 23.1 Å². The van der Waals surface area contributed by atoms with Crippen molar-refractivity contribution in [2.75, 3.05) is 19.4 Å². The minimum absolute atomic E-state index is 0.0753. The fraction of sp³-hybridized carbons (Fsp3) is 0.353. The van der Waals surface area contributed by atoms with Crippen molar-refractivity contribution in [1.82, 2.24) is 24.9 Å². The Morgan fingerprint density at radius 1 is 1.33 bits per heavy atom. The van der Waals surface area contributed by atoms with Crippen LogP contribution >= 0.6 is 0 Å². The molecule has 7 nitrogen and oxygen atoms in total. The van der Waals surface area contributed by atoms with E-state index in [1.165, 1.54) is 5.56 Å². The average molecular weight is 326 g/mol. The Kier molecular flexibility index (Phi) is 4.61. The van der Waals surface area contributed by atoms with Gasteiger partial charge in [0.2, 0.25) is 5.91 Å². The lowest BCUT2D eigenvalue weighted by atomic mass is 10.2. The molecule has 0 atom stereocenters. The fourth-order valence-electron chi connectivity index (χ4n) is 2.64. The van der Waals surface area contributed by atoms with Gasteiger partial charge in [-0.25, -0.2) is 0 Å². The molecule has 0 aliphatic heterocycles. The van der Waals surface area contributed by atoms with E-state index in [2.05, 4.69) is 39.7 Å². The number of benzene rings is 1. The van der Waals surface area contributed by atoms with E-state index < -0.39 is 0 Å². The van der Waals surface area contributed by atoms with E-state index in [1.54, 1.807) is 0 Å². The molecule has 126 valence electrons. The van der Waals surface area contributed by atoms with Crippen LogP contribution in [0.2, 0.25) is 0 Å². The number of carbonyl (C=O) groups is 1. The van der Waals surface area contributed by atoms with Crippen LogP contribution in [0.15, 0.2) is 30.5 Å². The zero-order valence-electron chi connectivity index (χ0n) is 14.2. The van der Waals surface area contributed by atoms with Gasteiger partial charge in [-0.15, -0.1) is 0 Å². The quantitative estimate of drug-likeness (QED) is 0.727. The number of hydrogen-bond donors (Lipinski definition) is 2. The number of aryl methyl sites for hydroxylation is 2. The van der Waals surface area contributed by atoms with Gasteiger partial charge in [-0.1, -0.05) is 11.6 Å². The molecule has 0 radical (unpaired) electrons. The summed E-state index contributed by atoms with van der Waals surface area (Å²) in [7, 11) is 3.96. The second-order valence-electron chi connectivity index (χ2n) is 6.24. The predicted molar refractivity (Wildman–Crippen MR) is 93.7 cm³/mol. The van der Waals surface area contributed by atoms with Crippen molar-refractivity contribution in [1.29, 1.82) is 0 Å². The summed E-state index contributed by atoms with van der Waals surface area (Å²) in [5, 5.41) is 15.3. The number of rotatable bonds is 6. The number of anilines is 1. The highest BCUT2D eigenvalue weighted by Crippen LogP contribution is 2.16. The van der Waals surface area contributed by atoms with Gasteiger partial charge in [0.05, 0.1) is 24.0 Å². The normalized spacial score (nSPS) is 11.3. The Bertz CT molecular complexity index is 848. The number of carbonyl (C=O) groups excluding carboxylic acids is 1. The van der Waals surface area contributed by atoms with Gasteiger partial charge in [0.25, 0.3) is 0 Å². The van der Waals surface area contributed by atoms with Crippen LogP contribution in [0.25, 0.3) is 10.9 Å². The third-order valence-corrected chi connectivity index (χ3v) is 3.73. The molecule has 0 unspecified atom stereocenters. The first-order valence-corrected chi connectivity index (χ1v) is 7.92. The molecule has 0 fully saturated rings. The van der Waals surface area contributed by atoms with Crippen LogP contribution in [0, 0.1) is 6.92 Å². The number of H-pyrrole nitrogens is 1. The van der Waals surface area contributed by atoms with Crippen LogP contribution in [-0.2, 0) is 17.9 Å². The maximum absolute atomic E-state index is 12.1. The third-order valence-electron chi connectivity index (χ3n) is 3.73. The van der Waals surface area contributed by atoms with Crippen molar-refractivity contribution in [2.24, 2.45) is 0 Å². The zero-order chi connectivity index (χ0) is 17.1. The highest BCUT2D eigenvalue weighted by molar-refractivity contribution is 5.89. The standard InChI is InChI=1S/C17H22N6O/c1-12-4-5-15-13(8-12)10-18-23(15)7-6-17(24)19-16-9-14(20-21-16)11-22(2)3/h4-5,8-10H,6-7,11H2,1-3H3,(H2,19,20,21,24). The highest BCUT2D eigenvalue weighted by atomic mass is 16.1. The summed E-state index contributed by atoms with van der Waals surface area (Å²) in [5.74, 6) is 0.478. The molecular formula is C17H22N6O. The number of aromatic amines is 1. The maximum Gasteiger partial charge on any atom is 0.227 e. The van der Waals surface area contributed by atoms with Crippen LogP contribution < -0.4 is 5.32 Å². The first-order valence-electron chi connectivity index (χ1n) is 7.92. The van der Waals surface area contributed by atoms with Crippen molar-refractivity contribution in [3.05, 3.63) is 41.7 Å². The number of amides is 1. The summed E-state index contributed by atoms with van der Waals surface area (Å²) in [5.41, 5.74) is 3.21. The Labute approximate surface area is 140 Å². The van der Waals surface area contributed by atoms with Crippen LogP contribution in [0.4, 0.5) is 5.82 Å². The summed E-state index contributed by atoms with van der Waals surface area (Å²) in [6.07, 6.45) is 2.18. The molecule has 7 heteroatoms. The van der Waals surface area contributed by atoms with E-state index in [4.69, 9.17) is 0 Å². The molecule has 24 heavy (non-hydrogen) atoms. The van der Waals surface area contributed by atoms with Crippen LogP contribution in [0.5, 0.6) is 0 Å². The largest absolute Gasteiger partial charge is 0.309 e. The van der Waals surface area contributed by atoms with E-state index >= 15 is 0 Å². The van der Waals surface area contributed by atoms with Crippen molar-refractivity contribution in [3.8, 4) is 0 Å². The van der Waals surface area contributed by atoms with Crippen molar-refractivity contribution < 1.29 is 4.79 Å². The van der Waals surface area contributed by atoms with Crippen LogP contribution in [0.1, 0.15) is 17.7 Å². The number of aromatic nitrogens is 4. The van der Waals surface area contributed by atoms with Gasteiger partial charge in [0, 0.05) is 24.4 Å². The van der Waals surface area contributed by atoms with Crippen molar-refractivity contribution in [2.45, 2.75) is 26.4 Å². The molecule has 3 aromatic rings. The molecule has 2 aromatic heterocycles. The van der Waals surface area contributed by atoms with E-state index in [0.29, 0.717) is 18.8 Å². The molecule has 0 spiro atoms. The van der Waals surface area contributed by atoms with Gasteiger partial charge in [0.15, 0.2) is 5.82 Å². The summed E-state index contributed by atoms with van der Waals surface area (Å²) >= 11 is 0. The monoisotopic (exact) mass is 326 g/mol. The summed E-state index contributed by atoms with van der Waals surface area (Å²) < 4.78 is 1.86. The Balaban J connectivity index is 1.58. The summed E-state index contributed by atoms with van der Waals surface area (Å²) in [4.78, 5) is 14.1. The SMILES string of the molecule is Cc1ccc2c(cnn2CCC(=O)Nc2cc(CN(C)C)[nH]n2)c1. The van der Waals surface area contributed by atoms with Crippen LogP contribution in [-0.4, -0.2) is 44.9 Å². The minimum atomic E-state index is -0.0753. The number of nitrogens with zero attached hydrogens (tertiary/aromatic N) is 4.